The van der Waals surface area contributed by atoms with E-state index in [2.05, 4.69) is 36.4 Å². The van der Waals surface area contributed by atoms with Crippen LogP contribution in [0.4, 0.5) is 0 Å². The summed E-state index contributed by atoms with van der Waals surface area (Å²) in [6.45, 7) is 0.364. The minimum absolute atomic E-state index is 0.0638. The van der Waals surface area contributed by atoms with E-state index in [9.17, 15) is 15.0 Å². The van der Waals surface area contributed by atoms with E-state index in [-0.39, 0.29) is 18.0 Å². The summed E-state index contributed by atoms with van der Waals surface area (Å²) < 4.78 is 11.6. The van der Waals surface area contributed by atoms with Crippen molar-refractivity contribution in [3.05, 3.63) is 114 Å². The standard InChI is InChI=1S/C38H42O5/c1-42-36-18-13-30(24-37(36)43-27-31-11-14-33-25-34(39)17-15-32(33)23-31)12-16-35(40)26-38(41)21-19-29(20-22-38)10-6-5-9-28-7-3-2-4-8-28/h2-4,7-8,11,13-15,17-19,21,23-25,29,39,41H,5-6,9-10,12,16,20,22,26-27H2,1H3/t29-,38-/m0/s1. The first-order valence-electron chi connectivity index (χ1n) is 15.4. The van der Waals surface area contributed by atoms with Crippen LogP contribution < -0.4 is 9.47 Å². The Balaban J connectivity index is 1.08. The summed E-state index contributed by atoms with van der Waals surface area (Å²) in [5, 5.41) is 22.8. The Kier molecular flexibility index (Phi) is 10.2. The Morgan fingerprint density at radius 2 is 1.65 bits per heavy atom. The fourth-order valence-corrected chi connectivity index (χ4v) is 5.93. The van der Waals surface area contributed by atoms with Crippen molar-refractivity contribution >= 4 is 16.6 Å². The van der Waals surface area contributed by atoms with Gasteiger partial charge in [0.25, 0.3) is 0 Å². The van der Waals surface area contributed by atoms with Gasteiger partial charge in [-0.2, -0.15) is 0 Å². The van der Waals surface area contributed by atoms with Crippen molar-refractivity contribution in [2.45, 2.75) is 70.0 Å². The van der Waals surface area contributed by atoms with Gasteiger partial charge in [-0.1, -0.05) is 73.2 Å². The summed E-state index contributed by atoms with van der Waals surface area (Å²) in [5.74, 6) is 2.05. The molecule has 0 spiro atoms. The van der Waals surface area contributed by atoms with Crippen molar-refractivity contribution < 1.29 is 24.5 Å². The number of carbonyl (C=O) groups is 1. The van der Waals surface area contributed by atoms with Gasteiger partial charge in [0.2, 0.25) is 0 Å². The van der Waals surface area contributed by atoms with E-state index in [1.165, 1.54) is 18.4 Å². The van der Waals surface area contributed by atoms with E-state index >= 15 is 0 Å². The summed E-state index contributed by atoms with van der Waals surface area (Å²) in [6, 6.07) is 27.7. The second-order valence-electron chi connectivity index (χ2n) is 11.8. The number of methoxy groups -OCH3 is 1. The highest BCUT2D eigenvalue weighted by atomic mass is 16.5. The maximum Gasteiger partial charge on any atom is 0.161 e. The number of Topliss-reactive ketones (excluding diaryl/α,β-unsaturated/α-hetero) is 1. The first-order chi connectivity index (χ1) is 20.9. The Hall–Kier alpha value is -4.09. The maximum absolute atomic E-state index is 12.9. The number of ether oxygens (including phenoxy) is 2. The quantitative estimate of drug-likeness (QED) is 0.117. The zero-order valence-electron chi connectivity index (χ0n) is 25.0. The highest BCUT2D eigenvalue weighted by Crippen LogP contribution is 2.33. The van der Waals surface area contributed by atoms with Crippen LogP contribution in [0.2, 0.25) is 0 Å². The number of unbranched alkanes of at least 4 members (excludes halogenated alkanes) is 1. The number of allylic oxidation sites excluding steroid dienone is 1. The first kappa shape index (κ1) is 30.4. The molecule has 5 rings (SSSR count). The molecule has 224 valence electrons. The summed E-state index contributed by atoms with van der Waals surface area (Å²) >= 11 is 0. The molecule has 0 bridgehead atoms. The molecule has 2 atom stereocenters. The lowest BCUT2D eigenvalue weighted by Gasteiger charge is -2.30. The molecule has 4 aromatic carbocycles. The summed E-state index contributed by atoms with van der Waals surface area (Å²) in [7, 11) is 1.61. The molecular weight excluding hydrogens is 536 g/mol. The van der Waals surface area contributed by atoms with E-state index in [1.807, 2.05) is 48.5 Å². The third-order valence-electron chi connectivity index (χ3n) is 8.47. The van der Waals surface area contributed by atoms with Crippen molar-refractivity contribution in [2.24, 2.45) is 5.92 Å². The molecule has 4 aromatic rings. The molecule has 2 N–H and O–H groups in total. The van der Waals surface area contributed by atoms with Crippen LogP contribution in [0.15, 0.2) is 97.1 Å². The third-order valence-corrected chi connectivity index (χ3v) is 8.47. The second kappa shape index (κ2) is 14.4. The minimum Gasteiger partial charge on any atom is -0.508 e. The molecule has 0 aromatic heterocycles. The van der Waals surface area contributed by atoms with Crippen LogP contribution in [0.5, 0.6) is 17.2 Å². The van der Waals surface area contributed by atoms with Crippen LogP contribution in [0.3, 0.4) is 0 Å². The number of phenols is 1. The van der Waals surface area contributed by atoms with Crippen molar-refractivity contribution in [1.29, 1.82) is 0 Å². The molecule has 43 heavy (non-hydrogen) atoms. The van der Waals surface area contributed by atoms with Crippen LogP contribution in [0.25, 0.3) is 10.8 Å². The molecule has 0 amide bonds. The molecule has 0 saturated carbocycles. The largest absolute Gasteiger partial charge is 0.508 e. The number of fused-ring (bicyclic) bond motifs is 1. The van der Waals surface area contributed by atoms with Crippen LogP contribution in [-0.2, 0) is 24.2 Å². The van der Waals surface area contributed by atoms with Crippen LogP contribution in [0, 0.1) is 5.92 Å². The van der Waals surface area contributed by atoms with E-state index in [4.69, 9.17) is 9.47 Å². The number of phenolic OH excluding ortho intramolecular Hbond substituents is 1. The van der Waals surface area contributed by atoms with E-state index < -0.39 is 5.60 Å². The Morgan fingerprint density at radius 3 is 2.44 bits per heavy atom. The van der Waals surface area contributed by atoms with E-state index in [1.54, 1.807) is 19.2 Å². The van der Waals surface area contributed by atoms with Gasteiger partial charge in [0.15, 0.2) is 11.5 Å². The second-order valence-corrected chi connectivity index (χ2v) is 11.8. The highest BCUT2D eigenvalue weighted by Gasteiger charge is 2.30. The smallest absolute Gasteiger partial charge is 0.161 e. The lowest BCUT2D eigenvalue weighted by Crippen LogP contribution is -2.32. The van der Waals surface area contributed by atoms with Crippen molar-refractivity contribution in [3.8, 4) is 17.2 Å². The maximum atomic E-state index is 12.9. The van der Waals surface area contributed by atoms with Gasteiger partial charge in [-0.3, -0.25) is 4.79 Å². The first-order valence-corrected chi connectivity index (χ1v) is 15.4. The molecule has 0 saturated heterocycles. The van der Waals surface area contributed by atoms with E-state index in [0.29, 0.717) is 43.3 Å². The minimum atomic E-state index is -1.04. The Morgan fingerprint density at radius 1 is 0.860 bits per heavy atom. The summed E-state index contributed by atoms with van der Waals surface area (Å²) in [5.41, 5.74) is 2.34. The molecule has 5 heteroatoms. The SMILES string of the molecule is COc1ccc(CCC(=O)C[C@]2(O)C=C[C@H](CCCCc3ccccc3)CC2)cc1OCc1ccc2cc(O)ccc2c1. The Bertz CT molecular complexity index is 1540. The number of carbonyl (C=O) groups excluding carboxylic acids is 1. The molecule has 1 aliphatic rings. The lowest BCUT2D eigenvalue weighted by molar-refractivity contribution is -0.122. The fourth-order valence-electron chi connectivity index (χ4n) is 5.93. The molecule has 0 radical (unpaired) electrons. The van der Waals surface area contributed by atoms with Gasteiger partial charge in [-0.25, -0.2) is 0 Å². The number of hydrogen-bond acceptors (Lipinski definition) is 5. The number of hydrogen-bond donors (Lipinski definition) is 2. The van der Waals surface area contributed by atoms with Gasteiger partial charge in [0.05, 0.1) is 12.7 Å². The molecule has 0 aliphatic heterocycles. The van der Waals surface area contributed by atoms with Crippen LogP contribution in [0.1, 0.15) is 61.6 Å². The summed E-state index contributed by atoms with van der Waals surface area (Å²) in [4.78, 5) is 12.9. The number of aliphatic hydroxyl groups is 1. The van der Waals surface area contributed by atoms with Crippen molar-refractivity contribution in [1.82, 2.24) is 0 Å². The topological polar surface area (TPSA) is 76.0 Å². The predicted octanol–water partition coefficient (Wildman–Crippen LogP) is 8.14. The number of rotatable bonds is 14. The van der Waals surface area contributed by atoms with Crippen molar-refractivity contribution in [2.75, 3.05) is 7.11 Å². The van der Waals surface area contributed by atoms with Gasteiger partial charge in [-0.15, -0.1) is 0 Å². The van der Waals surface area contributed by atoms with Crippen LogP contribution in [-0.4, -0.2) is 28.7 Å². The van der Waals surface area contributed by atoms with Gasteiger partial charge in [0, 0.05) is 12.8 Å². The fraction of sp³-hybridized carbons (Fsp3) is 0.342. The van der Waals surface area contributed by atoms with Gasteiger partial charge < -0.3 is 19.7 Å². The molecule has 1 aliphatic carbocycles. The monoisotopic (exact) mass is 578 g/mol. The molecule has 0 heterocycles. The van der Waals surface area contributed by atoms with Crippen molar-refractivity contribution in [3.63, 3.8) is 0 Å². The van der Waals surface area contributed by atoms with Crippen LogP contribution >= 0.6 is 0 Å². The average Bonchev–Trinajstić information content (AvgIpc) is 3.02. The lowest BCUT2D eigenvalue weighted by atomic mass is 9.80. The van der Waals surface area contributed by atoms with E-state index in [0.717, 1.165) is 41.2 Å². The number of aromatic hydroxyl groups is 1. The predicted molar refractivity (Wildman–Crippen MR) is 172 cm³/mol. The average molecular weight is 579 g/mol. The Labute approximate surface area is 254 Å². The van der Waals surface area contributed by atoms with Gasteiger partial charge >= 0.3 is 0 Å². The number of aryl methyl sites for hydroxylation is 2. The molecular formula is C38H42O5. The highest BCUT2D eigenvalue weighted by molar-refractivity contribution is 5.84. The molecule has 0 unspecified atom stereocenters. The summed E-state index contributed by atoms with van der Waals surface area (Å²) in [6.07, 6.45) is 11.2. The van der Waals surface area contributed by atoms with Gasteiger partial charge in [-0.05, 0) is 102 Å². The number of benzene rings is 4. The normalized spacial score (nSPS) is 18.0. The zero-order chi connectivity index (χ0) is 30.1. The zero-order valence-corrected chi connectivity index (χ0v) is 25.0. The number of ketones is 1. The molecule has 0 fully saturated rings. The molecule has 5 nitrogen and oxygen atoms in total. The van der Waals surface area contributed by atoms with Gasteiger partial charge in [0.1, 0.15) is 18.1 Å². The third kappa shape index (κ3) is 8.71.